The van der Waals surface area contributed by atoms with Crippen LogP contribution in [-0.4, -0.2) is 24.1 Å². The summed E-state index contributed by atoms with van der Waals surface area (Å²) in [7, 11) is 3.73. The fraction of sp³-hybridized carbons (Fsp3) is 0.0769. The van der Waals surface area contributed by atoms with Crippen molar-refractivity contribution < 1.29 is 4.74 Å². The van der Waals surface area contributed by atoms with Crippen molar-refractivity contribution in [3.63, 3.8) is 0 Å². The molecule has 0 spiro atoms. The second-order valence-corrected chi connectivity index (χ2v) is 7.32. The predicted octanol–water partition coefficient (Wildman–Crippen LogP) is 6.90. The van der Waals surface area contributed by atoms with Crippen LogP contribution in [0.2, 0.25) is 5.02 Å². The number of rotatable bonds is 3. The van der Waals surface area contributed by atoms with Crippen molar-refractivity contribution >= 4 is 44.8 Å². The number of ether oxygens (including phenoxy) is 1. The van der Waals surface area contributed by atoms with Gasteiger partial charge in [0.15, 0.2) is 0 Å². The van der Waals surface area contributed by atoms with E-state index in [0.29, 0.717) is 0 Å². The summed E-state index contributed by atoms with van der Waals surface area (Å²) in [6, 6.07) is 27.8. The fourth-order valence-electron chi connectivity index (χ4n) is 3.38. The molecule has 154 valence electrons. The number of anilines is 2. The van der Waals surface area contributed by atoms with Gasteiger partial charge in [0.25, 0.3) is 0 Å². The molecule has 0 radical (unpaired) electrons. The summed E-state index contributed by atoms with van der Waals surface area (Å²) in [5.74, 6) is 0.863. The molecule has 0 saturated heterocycles. The van der Waals surface area contributed by atoms with Gasteiger partial charge in [-0.25, -0.2) is 0 Å². The van der Waals surface area contributed by atoms with E-state index in [0.717, 1.165) is 44.0 Å². The van der Waals surface area contributed by atoms with E-state index in [2.05, 4.69) is 28.0 Å². The van der Waals surface area contributed by atoms with Crippen LogP contribution in [0.25, 0.3) is 21.8 Å². The van der Waals surface area contributed by atoms with E-state index in [9.17, 15) is 0 Å². The van der Waals surface area contributed by atoms with Gasteiger partial charge in [0.2, 0.25) is 0 Å². The smallest absolute Gasteiger partial charge is 0.119 e. The molecule has 0 unspecified atom stereocenters. The molecule has 0 bridgehead atoms. The van der Waals surface area contributed by atoms with Crippen LogP contribution >= 0.6 is 11.6 Å². The first-order valence-corrected chi connectivity index (χ1v) is 10.3. The maximum absolute atomic E-state index is 5.92. The zero-order valence-corrected chi connectivity index (χ0v) is 18.1. The van der Waals surface area contributed by atoms with Gasteiger partial charge in [-0.2, -0.15) is 0 Å². The molecule has 2 aromatic heterocycles. The van der Waals surface area contributed by atoms with Gasteiger partial charge in [-0.1, -0.05) is 48.0 Å². The summed E-state index contributed by atoms with van der Waals surface area (Å²) < 4.78 is 5.20. The molecule has 3 aromatic carbocycles. The summed E-state index contributed by atoms with van der Waals surface area (Å²) >= 11 is 5.92. The summed E-state index contributed by atoms with van der Waals surface area (Å²) in [4.78, 5) is 10.7. The number of aromatic nitrogens is 2. The van der Waals surface area contributed by atoms with Crippen LogP contribution in [0.4, 0.5) is 11.4 Å². The quantitative estimate of drug-likeness (QED) is 0.314. The molecular formula is C26H22ClN3O. The highest BCUT2D eigenvalue weighted by Crippen LogP contribution is 2.30. The molecule has 5 rings (SSSR count). The highest BCUT2D eigenvalue weighted by atomic mass is 35.5. The molecule has 2 heterocycles. The average Bonchev–Trinajstić information content (AvgIpc) is 2.84. The van der Waals surface area contributed by atoms with E-state index < -0.39 is 0 Å². The normalized spacial score (nSPS) is 10.4. The van der Waals surface area contributed by atoms with Crippen LogP contribution in [0.3, 0.4) is 0 Å². The van der Waals surface area contributed by atoms with Crippen LogP contribution in [0.15, 0.2) is 97.3 Å². The highest BCUT2D eigenvalue weighted by molar-refractivity contribution is 6.35. The van der Waals surface area contributed by atoms with Crippen LogP contribution in [0.5, 0.6) is 5.75 Å². The zero-order chi connectivity index (χ0) is 21.6. The Morgan fingerprint density at radius 2 is 1.29 bits per heavy atom. The lowest BCUT2D eigenvalue weighted by atomic mass is 10.1. The van der Waals surface area contributed by atoms with E-state index in [1.54, 1.807) is 19.4 Å². The number of hydrogen-bond acceptors (Lipinski definition) is 4. The van der Waals surface area contributed by atoms with Gasteiger partial charge in [-0.15, -0.1) is 0 Å². The summed E-state index contributed by atoms with van der Waals surface area (Å²) in [5, 5.41) is 2.92. The van der Waals surface area contributed by atoms with E-state index in [1.807, 2.05) is 79.0 Å². The lowest BCUT2D eigenvalue weighted by Gasteiger charge is -2.21. The SMILES string of the molecule is COc1ccc(N(C)c2ccnc3ccccc23)cc1.Clc1ccnc2ccccc12. The van der Waals surface area contributed by atoms with E-state index in [1.165, 1.54) is 0 Å². The van der Waals surface area contributed by atoms with Gasteiger partial charge in [0.1, 0.15) is 5.75 Å². The van der Waals surface area contributed by atoms with Crippen molar-refractivity contribution in [1.29, 1.82) is 0 Å². The number of pyridine rings is 2. The summed E-state index contributed by atoms with van der Waals surface area (Å²) in [6.45, 7) is 0. The lowest BCUT2D eigenvalue weighted by molar-refractivity contribution is 0.415. The second kappa shape index (κ2) is 9.45. The molecule has 0 fully saturated rings. The maximum atomic E-state index is 5.92. The van der Waals surface area contributed by atoms with Gasteiger partial charge in [-0.3, -0.25) is 9.97 Å². The van der Waals surface area contributed by atoms with Gasteiger partial charge in [0, 0.05) is 35.9 Å². The van der Waals surface area contributed by atoms with Crippen LogP contribution < -0.4 is 9.64 Å². The molecule has 0 N–H and O–H groups in total. The van der Waals surface area contributed by atoms with Gasteiger partial charge >= 0.3 is 0 Å². The second-order valence-electron chi connectivity index (χ2n) is 6.91. The molecule has 0 amide bonds. The Kier molecular flexibility index (Phi) is 6.29. The number of para-hydroxylation sites is 2. The molecule has 5 aromatic rings. The van der Waals surface area contributed by atoms with E-state index in [-0.39, 0.29) is 0 Å². The summed E-state index contributed by atoms with van der Waals surface area (Å²) in [6.07, 6.45) is 3.56. The van der Waals surface area contributed by atoms with Crippen molar-refractivity contribution in [2.24, 2.45) is 0 Å². The maximum Gasteiger partial charge on any atom is 0.119 e. The number of fused-ring (bicyclic) bond motifs is 2. The molecule has 4 nitrogen and oxygen atoms in total. The number of nitrogens with zero attached hydrogens (tertiary/aromatic N) is 3. The third-order valence-corrected chi connectivity index (χ3v) is 5.37. The molecule has 5 heteroatoms. The average molecular weight is 428 g/mol. The van der Waals surface area contributed by atoms with E-state index in [4.69, 9.17) is 16.3 Å². The topological polar surface area (TPSA) is 38.2 Å². The van der Waals surface area contributed by atoms with Crippen molar-refractivity contribution in [2.75, 3.05) is 19.1 Å². The largest absolute Gasteiger partial charge is 0.497 e. The first kappa shape index (κ1) is 20.6. The minimum atomic E-state index is 0.760. The Morgan fingerprint density at radius 3 is 1.94 bits per heavy atom. The van der Waals surface area contributed by atoms with Crippen LogP contribution in [0, 0.1) is 0 Å². The minimum Gasteiger partial charge on any atom is -0.497 e. The molecular weight excluding hydrogens is 406 g/mol. The number of benzene rings is 3. The molecule has 0 aliphatic carbocycles. The van der Waals surface area contributed by atoms with Crippen molar-refractivity contribution in [1.82, 2.24) is 9.97 Å². The van der Waals surface area contributed by atoms with Crippen LogP contribution in [0.1, 0.15) is 0 Å². The van der Waals surface area contributed by atoms with Crippen LogP contribution in [-0.2, 0) is 0 Å². The first-order valence-electron chi connectivity index (χ1n) is 9.88. The molecule has 31 heavy (non-hydrogen) atoms. The summed E-state index contributed by atoms with van der Waals surface area (Å²) in [5.41, 5.74) is 4.20. The monoisotopic (exact) mass is 427 g/mol. The Labute approximate surface area is 186 Å². The number of methoxy groups -OCH3 is 1. The zero-order valence-electron chi connectivity index (χ0n) is 17.4. The standard InChI is InChI=1S/C17H16N2O.C9H6ClN/c1-19(13-7-9-14(20-2)10-8-13)17-11-12-18-16-6-4-3-5-15(16)17;10-8-5-6-11-9-4-2-1-3-7(8)9/h3-12H,1-2H3;1-6H. The molecule has 0 aliphatic rings. The Balaban J connectivity index is 0.000000177. The third-order valence-electron chi connectivity index (χ3n) is 5.04. The van der Waals surface area contributed by atoms with Crippen molar-refractivity contribution in [2.45, 2.75) is 0 Å². The Morgan fingerprint density at radius 1 is 0.710 bits per heavy atom. The highest BCUT2D eigenvalue weighted by Gasteiger charge is 2.08. The molecule has 0 atom stereocenters. The number of halogens is 1. The predicted molar refractivity (Wildman–Crippen MR) is 130 cm³/mol. The van der Waals surface area contributed by atoms with E-state index >= 15 is 0 Å². The first-order chi connectivity index (χ1) is 15.2. The Bertz CT molecular complexity index is 1290. The Hall–Kier alpha value is -3.63. The fourth-order valence-corrected chi connectivity index (χ4v) is 3.60. The lowest BCUT2D eigenvalue weighted by Crippen LogP contribution is -2.09. The van der Waals surface area contributed by atoms with Crippen molar-refractivity contribution in [3.05, 3.63) is 102 Å². The van der Waals surface area contributed by atoms with Crippen molar-refractivity contribution in [3.8, 4) is 5.75 Å². The molecule has 0 saturated carbocycles. The number of hydrogen-bond donors (Lipinski definition) is 0. The third kappa shape index (κ3) is 4.60. The van der Waals surface area contributed by atoms with Gasteiger partial charge in [0.05, 0.1) is 28.9 Å². The van der Waals surface area contributed by atoms with Gasteiger partial charge < -0.3 is 9.64 Å². The molecule has 0 aliphatic heterocycles. The van der Waals surface area contributed by atoms with Gasteiger partial charge in [-0.05, 0) is 48.5 Å². The minimum absolute atomic E-state index is 0.760.